The van der Waals surface area contributed by atoms with Gasteiger partial charge in [0.2, 0.25) is 0 Å². The van der Waals surface area contributed by atoms with Crippen molar-refractivity contribution in [2.45, 2.75) is 19.2 Å². The Kier molecular flexibility index (Phi) is 3.19. The molecule has 0 aliphatic rings. The molecule has 0 aliphatic heterocycles. The second-order valence-corrected chi connectivity index (χ2v) is 5.10. The van der Waals surface area contributed by atoms with Crippen molar-refractivity contribution in [3.05, 3.63) is 11.9 Å². The van der Waals surface area contributed by atoms with Crippen LogP contribution in [-0.4, -0.2) is 29.2 Å². The van der Waals surface area contributed by atoms with E-state index in [1.807, 2.05) is 6.07 Å². The van der Waals surface area contributed by atoms with Crippen molar-refractivity contribution in [1.82, 2.24) is 15.0 Å². The molecule has 1 aromatic rings. The van der Waals surface area contributed by atoms with Gasteiger partial charge in [0.25, 0.3) is 0 Å². The molecule has 0 saturated heterocycles. The quantitative estimate of drug-likeness (QED) is 0.688. The fourth-order valence-electron chi connectivity index (χ4n) is 0.882. The molecule has 0 aromatic carbocycles. The van der Waals surface area contributed by atoms with Gasteiger partial charge in [-0.3, -0.25) is 0 Å². The normalized spacial score (nSPS) is 11.1. The molecule has 76 valence electrons. The van der Waals surface area contributed by atoms with E-state index in [1.165, 1.54) is 10.9 Å². The number of hydrogen-bond acceptors (Lipinski definition) is 5. The van der Waals surface area contributed by atoms with Crippen molar-refractivity contribution < 1.29 is 8.42 Å². The van der Waals surface area contributed by atoms with Gasteiger partial charge >= 0.3 is 0 Å². The topological polar surface area (TPSA) is 88.6 Å². The van der Waals surface area contributed by atoms with Gasteiger partial charge in [0.1, 0.15) is 6.54 Å². The molecule has 7 heteroatoms. The predicted octanol–water partition coefficient (Wildman–Crippen LogP) is -0.264. The highest BCUT2D eigenvalue weighted by Gasteiger charge is 2.11. The van der Waals surface area contributed by atoms with Crippen LogP contribution < -0.4 is 0 Å². The lowest BCUT2D eigenvalue weighted by Gasteiger charge is -1.94. The molecule has 0 atom stereocenters. The number of nitrogens with zero attached hydrogens (tertiary/aromatic N) is 4. The van der Waals surface area contributed by atoms with Gasteiger partial charge in [0.05, 0.1) is 23.7 Å². The standard InChI is InChI=1S/C7H10N4O2S/c1-2-14(12,13)6-7-5-11(4-3-8)10-9-7/h5H,2,4,6H2,1H3. The monoisotopic (exact) mass is 214 g/mol. The van der Waals surface area contributed by atoms with Crippen molar-refractivity contribution in [2.75, 3.05) is 5.75 Å². The van der Waals surface area contributed by atoms with E-state index in [0.717, 1.165) is 0 Å². The molecule has 14 heavy (non-hydrogen) atoms. The minimum atomic E-state index is -3.07. The lowest BCUT2D eigenvalue weighted by molar-refractivity contribution is 0.595. The molecule has 0 bridgehead atoms. The highest BCUT2D eigenvalue weighted by atomic mass is 32.2. The summed E-state index contributed by atoms with van der Waals surface area (Å²) in [7, 11) is -3.07. The Balaban J connectivity index is 2.75. The molecule has 0 N–H and O–H groups in total. The summed E-state index contributed by atoms with van der Waals surface area (Å²) >= 11 is 0. The van der Waals surface area contributed by atoms with Crippen molar-refractivity contribution in [3.63, 3.8) is 0 Å². The second kappa shape index (κ2) is 4.19. The van der Waals surface area contributed by atoms with Gasteiger partial charge < -0.3 is 0 Å². The third kappa shape index (κ3) is 2.81. The Bertz CT molecular complexity index is 443. The smallest absolute Gasteiger partial charge is 0.155 e. The number of nitriles is 1. The van der Waals surface area contributed by atoms with Crippen molar-refractivity contribution in [3.8, 4) is 6.07 Å². The first kappa shape index (κ1) is 10.7. The lowest BCUT2D eigenvalue weighted by Crippen LogP contribution is -2.06. The Labute approximate surface area is 82.1 Å². The maximum atomic E-state index is 11.2. The Morgan fingerprint density at radius 2 is 2.36 bits per heavy atom. The first-order valence-electron chi connectivity index (χ1n) is 4.04. The van der Waals surface area contributed by atoms with Gasteiger partial charge in [-0.15, -0.1) is 5.10 Å². The summed E-state index contributed by atoms with van der Waals surface area (Å²) in [6.07, 6.45) is 1.47. The number of rotatable bonds is 4. The molecule has 1 rings (SSSR count). The van der Waals surface area contributed by atoms with Crippen LogP contribution in [0.3, 0.4) is 0 Å². The summed E-state index contributed by atoms with van der Waals surface area (Å²) < 4.78 is 23.7. The molecule has 0 spiro atoms. The predicted molar refractivity (Wildman–Crippen MR) is 48.8 cm³/mol. The van der Waals surface area contributed by atoms with Crippen molar-refractivity contribution in [1.29, 1.82) is 5.26 Å². The van der Waals surface area contributed by atoms with E-state index >= 15 is 0 Å². The Morgan fingerprint density at radius 3 is 2.93 bits per heavy atom. The highest BCUT2D eigenvalue weighted by Crippen LogP contribution is 2.01. The summed E-state index contributed by atoms with van der Waals surface area (Å²) in [6, 6.07) is 1.89. The van der Waals surface area contributed by atoms with Crippen LogP contribution in [0.1, 0.15) is 12.6 Å². The molecule has 6 nitrogen and oxygen atoms in total. The van der Waals surface area contributed by atoms with Crippen LogP contribution in [0.5, 0.6) is 0 Å². The van der Waals surface area contributed by atoms with Crippen LogP contribution >= 0.6 is 0 Å². The average Bonchev–Trinajstić information content (AvgIpc) is 2.53. The Hall–Kier alpha value is -1.42. The Morgan fingerprint density at radius 1 is 1.64 bits per heavy atom. The number of sulfone groups is 1. The van der Waals surface area contributed by atoms with Gasteiger partial charge in [-0.1, -0.05) is 12.1 Å². The minimum Gasteiger partial charge on any atom is -0.238 e. The van der Waals surface area contributed by atoms with Gasteiger partial charge in [0, 0.05) is 5.75 Å². The molecule has 0 aliphatic carbocycles. The van der Waals surface area contributed by atoms with Crippen LogP contribution in [0.25, 0.3) is 0 Å². The summed E-state index contributed by atoms with van der Waals surface area (Å²) in [4.78, 5) is 0. The maximum Gasteiger partial charge on any atom is 0.155 e. The third-order valence-electron chi connectivity index (χ3n) is 1.63. The maximum absolute atomic E-state index is 11.2. The summed E-state index contributed by atoms with van der Waals surface area (Å²) in [6.45, 7) is 1.66. The van der Waals surface area contributed by atoms with Crippen LogP contribution in [0, 0.1) is 11.3 Å². The summed E-state index contributed by atoms with van der Waals surface area (Å²) in [5, 5.41) is 15.6. The van der Waals surface area contributed by atoms with Crippen LogP contribution in [0.2, 0.25) is 0 Å². The SMILES string of the molecule is CCS(=O)(=O)Cc1cn(CC#N)nn1. The summed E-state index contributed by atoms with van der Waals surface area (Å²) in [5.74, 6) is -0.0347. The summed E-state index contributed by atoms with van der Waals surface area (Å²) in [5.41, 5.74) is 0.377. The first-order valence-corrected chi connectivity index (χ1v) is 5.86. The van der Waals surface area contributed by atoms with Crippen molar-refractivity contribution in [2.24, 2.45) is 0 Å². The molecule has 0 amide bonds. The molecule has 0 saturated carbocycles. The first-order chi connectivity index (χ1) is 6.57. The fourth-order valence-corrected chi connectivity index (χ4v) is 1.67. The zero-order chi connectivity index (χ0) is 10.6. The lowest BCUT2D eigenvalue weighted by atomic mass is 10.5. The zero-order valence-electron chi connectivity index (χ0n) is 7.71. The van der Waals surface area contributed by atoms with E-state index in [1.54, 1.807) is 6.92 Å². The van der Waals surface area contributed by atoms with E-state index in [9.17, 15) is 8.42 Å². The molecular weight excluding hydrogens is 204 g/mol. The third-order valence-corrected chi connectivity index (χ3v) is 3.24. The minimum absolute atomic E-state index is 0.0815. The average molecular weight is 214 g/mol. The van der Waals surface area contributed by atoms with E-state index in [0.29, 0.717) is 5.69 Å². The molecule has 0 unspecified atom stereocenters. The van der Waals surface area contributed by atoms with Gasteiger partial charge in [-0.05, 0) is 0 Å². The van der Waals surface area contributed by atoms with E-state index in [-0.39, 0.29) is 18.1 Å². The second-order valence-electron chi connectivity index (χ2n) is 2.74. The number of hydrogen-bond donors (Lipinski definition) is 0. The van der Waals surface area contributed by atoms with Crippen LogP contribution in [-0.2, 0) is 22.1 Å². The highest BCUT2D eigenvalue weighted by molar-refractivity contribution is 7.90. The van der Waals surface area contributed by atoms with E-state index in [4.69, 9.17) is 5.26 Å². The van der Waals surface area contributed by atoms with Crippen LogP contribution in [0.4, 0.5) is 0 Å². The van der Waals surface area contributed by atoms with Gasteiger partial charge in [-0.2, -0.15) is 5.26 Å². The number of aromatic nitrogens is 3. The fraction of sp³-hybridized carbons (Fsp3) is 0.571. The molecule has 0 fully saturated rings. The van der Waals surface area contributed by atoms with Gasteiger partial charge in [-0.25, -0.2) is 13.1 Å². The van der Waals surface area contributed by atoms with Crippen molar-refractivity contribution >= 4 is 9.84 Å². The van der Waals surface area contributed by atoms with Crippen LogP contribution in [0.15, 0.2) is 6.20 Å². The molecule has 0 radical (unpaired) electrons. The zero-order valence-corrected chi connectivity index (χ0v) is 8.53. The van der Waals surface area contributed by atoms with E-state index in [2.05, 4.69) is 10.3 Å². The van der Waals surface area contributed by atoms with E-state index < -0.39 is 9.84 Å². The molecule has 1 aromatic heterocycles. The molecular formula is C7H10N4O2S. The largest absolute Gasteiger partial charge is 0.238 e. The molecule has 1 heterocycles. The van der Waals surface area contributed by atoms with Gasteiger partial charge in [0.15, 0.2) is 9.84 Å².